The fourth-order valence-electron chi connectivity index (χ4n) is 2.51. The van der Waals surface area contributed by atoms with Crippen LogP contribution < -0.4 is 4.90 Å². The molecule has 4 nitrogen and oxygen atoms in total. The van der Waals surface area contributed by atoms with Gasteiger partial charge in [0.15, 0.2) is 0 Å². The van der Waals surface area contributed by atoms with E-state index in [0.29, 0.717) is 12.8 Å². The van der Waals surface area contributed by atoms with Crippen LogP contribution in [0.5, 0.6) is 0 Å². The largest absolute Gasteiger partial charge is 0.468 e. The summed E-state index contributed by atoms with van der Waals surface area (Å²) in [6.45, 7) is 1.97. The zero-order valence-corrected chi connectivity index (χ0v) is 11.6. The number of carbonyl (C=O) groups excluding carboxylic acids is 2. The number of amides is 1. The lowest BCUT2D eigenvalue weighted by Gasteiger charge is -2.39. The molecule has 0 N–H and O–H groups in total. The van der Waals surface area contributed by atoms with E-state index >= 15 is 0 Å². The van der Waals surface area contributed by atoms with Gasteiger partial charge in [-0.25, -0.2) is 0 Å². The molecule has 0 aliphatic heterocycles. The molecule has 1 aromatic rings. The highest BCUT2D eigenvalue weighted by atomic mass is 16.5. The lowest BCUT2D eigenvalue weighted by atomic mass is 9.67. The quantitative estimate of drug-likeness (QED) is 0.619. The Morgan fingerprint density at radius 1 is 1.32 bits per heavy atom. The molecular formula is C15H19NO3. The summed E-state index contributed by atoms with van der Waals surface area (Å²) < 4.78 is 4.80. The molecule has 1 saturated carbocycles. The Hall–Kier alpha value is -1.84. The van der Waals surface area contributed by atoms with E-state index in [1.807, 2.05) is 31.2 Å². The molecule has 4 heteroatoms. The van der Waals surface area contributed by atoms with Crippen LogP contribution in [0.1, 0.15) is 24.8 Å². The molecule has 19 heavy (non-hydrogen) atoms. The number of hydrogen-bond donors (Lipinski definition) is 0. The van der Waals surface area contributed by atoms with Crippen molar-refractivity contribution in [3.05, 3.63) is 29.8 Å². The van der Waals surface area contributed by atoms with E-state index in [-0.39, 0.29) is 5.91 Å². The van der Waals surface area contributed by atoms with Gasteiger partial charge in [0.2, 0.25) is 5.91 Å². The van der Waals surface area contributed by atoms with Crippen molar-refractivity contribution in [1.29, 1.82) is 0 Å². The minimum atomic E-state index is -0.965. The smallest absolute Gasteiger partial charge is 0.321 e. The van der Waals surface area contributed by atoms with Crippen molar-refractivity contribution in [2.75, 3.05) is 19.1 Å². The Morgan fingerprint density at radius 3 is 2.47 bits per heavy atom. The number of ether oxygens (including phenoxy) is 1. The van der Waals surface area contributed by atoms with E-state index in [4.69, 9.17) is 4.74 Å². The molecule has 1 fully saturated rings. The van der Waals surface area contributed by atoms with Crippen LogP contribution >= 0.6 is 0 Å². The third-order valence-corrected chi connectivity index (χ3v) is 3.89. The molecule has 0 aromatic heterocycles. The Labute approximate surface area is 113 Å². The number of aryl methyl sites for hydroxylation is 1. The average Bonchev–Trinajstić information content (AvgIpc) is 2.36. The van der Waals surface area contributed by atoms with Gasteiger partial charge < -0.3 is 9.64 Å². The molecule has 0 heterocycles. The van der Waals surface area contributed by atoms with Crippen LogP contribution in [0.15, 0.2) is 24.3 Å². The zero-order valence-electron chi connectivity index (χ0n) is 11.6. The second-order valence-electron chi connectivity index (χ2n) is 5.13. The average molecular weight is 261 g/mol. The first-order valence-electron chi connectivity index (χ1n) is 6.44. The van der Waals surface area contributed by atoms with Gasteiger partial charge in [-0.1, -0.05) is 18.6 Å². The van der Waals surface area contributed by atoms with E-state index < -0.39 is 11.4 Å². The first-order chi connectivity index (χ1) is 9.01. The molecule has 0 radical (unpaired) electrons. The molecule has 0 spiro atoms. The van der Waals surface area contributed by atoms with Gasteiger partial charge in [-0.2, -0.15) is 0 Å². The maximum absolute atomic E-state index is 12.6. The van der Waals surface area contributed by atoms with Crippen LogP contribution in [0.4, 0.5) is 5.69 Å². The topological polar surface area (TPSA) is 46.6 Å². The summed E-state index contributed by atoms with van der Waals surface area (Å²) in [7, 11) is 3.04. The lowest BCUT2D eigenvalue weighted by molar-refractivity contribution is -0.163. The van der Waals surface area contributed by atoms with Gasteiger partial charge in [0.25, 0.3) is 0 Å². The van der Waals surface area contributed by atoms with Crippen molar-refractivity contribution in [3.8, 4) is 0 Å². The highest BCUT2D eigenvalue weighted by molar-refractivity contribution is 6.10. The van der Waals surface area contributed by atoms with Crippen molar-refractivity contribution in [1.82, 2.24) is 0 Å². The van der Waals surface area contributed by atoms with Gasteiger partial charge in [-0.15, -0.1) is 0 Å². The highest BCUT2D eigenvalue weighted by Gasteiger charge is 2.53. The summed E-state index contributed by atoms with van der Waals surface area (Å²) >= 11 is 0. The number of anilines is 1. The Balaban J connectivity index is 2.26. The number of esters is 1. The summed E-state index contributed by atoms with van der Waals surface area (Å²) in [5.41, 5.74) is 0.922. The summed E-state index contributed by atoms with van der Waals surface area (Å²) in [4.78, 5) is 26.0. The third-order valence-electron chi connectivity index (χ3n) is 3.89. The van der Waals surface area contributed by atoms with Gasteiger partial charge in [-0.3, -0.25) is 9.59 Å². The Bertz CT molecular complexity index is 506. The maximum atomic E-state index is 12.6. The second kappa shape index (κ2) is 5.03. The predicted molar refractivity (Wildman–Crippen MR) is 72.9 cm³/mol. The molecular weight excluding hydrogens is 242 g/mol. The molecule has 1 amide bonds. The van der Waals surface area contributed by atoms with Gasteiger partial charge >= 0.3 is 5.97 Å². The fourth-order valence-corrected chi connectivity index (χ4v) is 2.51. The molecule has 1 aromatic carbocycles. The number of benzene rings is 1. The van der Waals surface area contributed by atoms with Crippen LogP contribution in [-0.4, -0.2) is 26.0 Å². The number of hydrogen-bond acceptors (Lipinski definition) is 3. The van der Waals surface area contributed by atoms with Crippen LogP contribution in [-0.2, 0) is 14.3 Å². The monoisotopic (exact) mass is 261 g/mol. The Morgan fingerprint density at radius 2 is 2.00 bits per heavy atom. The first-order valence-corrected chi connectivity index (χ1v) is 6.44. The van der Waals surface area contributed by atoms with E-state index in [1.54, 1.807) is 11.9 Å². The highest BCUT2D eigenvalue weighted by Crippen LogP contribution is 2.44. The molecule has 0 atom stereocenters. The van der Waals surface area contributed by atoms with E-state index in [0.717, 1.165) is 17.7 Å². The first kappa shape index (κ1) is 13.6. The van der Waals surface area contributed by atoms with E-state index in [1.165, 1.54) is 7.11 Å². The molecule has 0 unspecified atom stereocenters. The van der Waals surface area contributed by atoms with Crippen molar-refractivity contribution in [2.45, 2.75) is 26.2 Å². The normalized spacial score (nSPS) is 16.4. The molecule has 2 rings (SSSR count). The van der Waals surface area contributed by atoms with Gasteiger partial charge in [0.05, 0.1) is 7.11 Å². The van der Waals surface area contributed by atoms with Gasteiger partial charge in [0, 0.05) is 12.7 Å². The number of rotatable bonds is 3. The number of methoxy groups -OCH3 is 1. The standard InChI is InChI=1S/C15H19NO3/c1-11-6-4-7-12(10-11)16(2)13(17)15(8-5-9-15)14(18)19-3/h4,6-7,10H,5,8-9H2,1-3H3. The lowest BCUT2D eigenvalue weighted by Crippen LogP contribution is -2.52. The SMILES string of the molecule is COC(=O)C1(C(=O)N(C)c2cccc(C)c2)CCC1. The van der Waals surface area contributed by atoms with Crippen molar-refractivity contribution >= 4 is 17.6 Å². The van der Waals surface area contributed by atoms with E-state index in [9.17, 15) is 9.59 Å². The molecule has 1 aliphatic rings. The van der Waals surface area contributed by atoms with Crippen LogP contribution in [0.3, 0.4) is 0 Å². The summed E-state index contributed by atoms with van der Waals surface area (Å²) in [6.07, 6.45) is 2.05. The fraction of sp³-hybridized carbons (Fsp3) is 0.467. The minimum absolute atomic E-state index is 0.170. The van der Waals surface area contributed by atoms with Crippen molar-refractivity contribution < 1.29 is 14.3 Å². The van der Waals surface area contributed by atoms with E-state index in [2.05, 4.69) is 0 Å². The van der Waals surface area contributed by atoms with Crippen LogP contribution in [0.2, 0.25) is 0 Å². The maximum Gasteiger partial charge on any atom is 0.321 e. The van der Waals surface area contributed by atoms with Crippen molar-refractivity contribution in [3.63, 3.8) is 0 Å². The number of nitrogens with zero attached hydrogens (tertiary/aromatic N) is 1. The van der Waals surface area contributed by atoms with Crippen molar-refractivity contribution in [2.24, 2.45) is 5.41 Å². The van der Waals surface area contributed by atoms with Crippen LogP contribution in [0.25, 0.3) is 0 Å². The minimum Gasteiger partial charge on any atom is -0.468 e. The Kier molecular flexibility index (Phi) is 3.60. The predicted octanol–water partition coefficient (Wildman–Crippen LogP) is 2.30. The molecule has 0 bridgehead atoms. The second-order valence-corrected chi connectivity index (χ2v) is 5.13. The van der Waals surface area contributed by atoms with Gasteiger partial charge in [-0.05, 0) is 37.5 Å². The molecule has 0 saturated heterocycles. The number of carbonyl (C=O) groups is 2. The van der Waals surface area contributed by atoms with Gasteiger partial charge in [0.1, 0.15) is 5.41 Å². The third kappa shape index (κ3) is 2.23. The molecule has 102 valence electrons. The summed E-state index contributed by atoms with van der Waals surface area (Å²) in [5.74, 6) is -0.584. The zero-order chi connectivity index (χ0) is 14.0. The summed E-state index contributed by atoms with van der Waals surface area (Å²) in [5, 5.41) is 0. The molecule has 1 aliphatic carbocycles. The summed E-state index contributed by atoms with van der Waals surface area (Å²) in [6, 6.07) is 7.68. The van der Waals surface area contributed by atoms with Crippen LogP contribution in [0, 0.1) is 12.3 Å².